The van der Waals surface area contributed by atoms with Gasteiger partial charge >= 0.3 is 5.97 Å². The molecule has 9 heteroatoms. The van der Waals surface area contributed by atoms with Crippen LogP contribution < -0.4 is 10.6 Å². The van der Waals surface area contributed by atoms with E-state index < -0.39 is 34.6 Å². The zero-order valence-electron chi connectivity index (χ0n) is 10.5. The molecule has 19 heavy (non-hydrogen) atoms. The third kappa shape index (κ3) is 3.91. The summed E-state index contributed by atoms with van der Waals surface area (Å²) in [6.07, 6.45) is -0.184. The number of carbonyl (C=O) groups excluding carboxylic acids is 2. The number of hydrogen-bond donors (Lipinski definition) is 3. The van der Waals surface area contributed by atoms with Gasteiger partial charge < -0.3 is 15.7 Å². The molecule has 0 aromatic rings. The number of carboxylic acid groups (broad SMARTS) is 1. The van der Waals surface area contributed by atoms with Gasteiger partial charge in [0.05, 0.1) is 4.75 Å². The predicted octanol–water partition coefficient (Wildman–Crippen LogP) is 0.0276. The van der Waals surface area contributed by atoms with Crippen molar-refractivity contribution in [3.8, 4) is 0 Å². The molecule has 0 saturated carbocycles. The van der Waals surface area contributed by atoms with Gasteiger partial charge in [-0.05, 0) is 20.3 Å². The monoisotopic (exact) mass is 289 g/mol. The van der Waals surface area contributed by atoms with Crippen LogP contribution in [0.4, 0.5) is 0 Å². The zero-order valence-corrected chi connectivity index (χ0v) is 11.3. The van der Waals surface area contributed by atoms with Crippen molar-refractivity contribution in [2.75, 3.05) is 0 Å². The number of nitroso groups, excluding NO2 is 1. The van der Waals surface area contributed by atoms with Crippen molar-refractivity contribution in [3.05, 3.63) is 4.91 Å². The van der Waals surface area contributed by atoms with Crippen molar-refractivity contribution < 1.29 is 19.5 Å². The Hall–Kier alpha value is -1.64. The number of nitrogens with one attached hydrogen (secondary N) is 2. The second-order valence-electron chi connectivity index (χ2n) is 4.70. The fourth-order valence-corrected chi connectivity index (χ4v) is 2.20. The summed E-state index contributed by atoms with van der Waals surface area (Å²) >= 11 is 0.665. The van der Waals surface area contributed by atoms with Crippen molar-refractivity contribution in [2.24, 2.45) is 4.58 Å². The molecule has 0 unspecified atom stereocenters. The molecule has 106 valence electrons. The van der Waals surface area contributed by atoms with Gasteiger partial charge in [0, 0.05) is 23.0 Å². The van der Waals surface area contributed by atoms with Gasteiger partial charge in [0.25, 0.3) is 0 Å². The Morgan fingerprint density at radius 2 is 2.00 bits per heavy atom. The lowest BCUT2D eigenvalue weighted by molar-refractivity contribution is -0.140. The van der Waals surface area contributed by atoms with Gasteiger partial charge in [-0.15, -0.1) is 4.91 Å². The maximum absolute atomic E-state index is 11.9. The van der Waals surface area contributed by atoms with Gasteiger partial charge in [-0.1, -0.05) is 0 Å². The fraction of sp³-hybridized carbons (Fsp3) is 0.700. The number of carbonyl (C=O) groups is 3. The minimum atomic E-state index is -1.04. The van der Waals surface area contributed by atoms with E-state index in [1.807, 2.05) is 0 Å². The molecule has 2 atom stereocenters. The van der Waals surface area contributed by atoms with E-state index in [2.05, 4.69) is 15.2 Å². The topological polar surface area (TPSA) is 125 Å². The normalized spacial score (nSPS) is 23.5. The van der Waals surface area contributed by atoms with E-state index in [4.69, 9.17) is 5.11 Å². The Balaban J connectivity index is 2.70. The smallest absolute Gasteiger partial charge is 0.303 e. The third-order valence-electron chi connectivity index (χ3n) is 2.80. The molecule has 0 bridgehead atoms. The summed E-state index contributed by atoms with van der Waals surface area (Å²) in [6, 6.07) is -1.74. The van der Waals surface area contributed by atoms with Crippen LogP contribution in [0.1, 0.15) is 26.7 Å². The summed E-state index contributed by atoms with van der Waals surface area (Å²) in [5.74, 6) is -1.94. The van der Waals surface area contributed by atoms with E-state index >= 15 is 0 Å². The number of piperazine rings is 1. The zero-order chi connectivity index (χ0) is 14.6. The van der Waals surface area contributed by atoms with E-state index in [1.165, 1.54) is 0 Å². The van der Waals surface area contributed by atoms with E-state index in [1.54, 1.807) is 13.8 Å². The Morgan fingerprint density at radius 1 is 1.37 bits per heavy atom. The Kier molecular flexibility index (Phi) is 4.87. The molecule has 1 heterocycles. The minimum Gasteiger partial charge on any atom is -0.481 e. The number of carboxylic acids is 1. The Morgan fingerprint density at radius 3 is 2.53 bits per heavy atom. The van der Waals surface area contributed by atoms with Gasteiger partial charge in [-0.25, -0.2) is 0 Å². The summed E-state index contributed by atoms with van der Waals surface area (Å²) < 4.78 is 1.80. The number of hydrogen-bond acceptors (Lipinski definition) is 6. The van der Waals surface area contributed by atoms with Crippen LogP contribution in [0.5, 0.6) is 0 Å². The summed E-state index contributed by atoms with van der Waals surface area (Å²) in [5, 5.41) is 13.5. The van der Waals surface area contributed by atoms with E-state index in [-0.39, 0.29) is 12.8 Å². The highest BCUT2D eigenvalue weighted by molar-refractivity contribution is 7.99. The standard InChI is InChI=1S/C10H15N3O5S/c1-10(2,19-13-18)7-9(17)11-5(8(16)12-7)3-4-6(14)15/h5,7H,3-4H2,1-2H3,(H,11,17)(H,12,16)(H,14,15)/t5-,7-/m1/s1. The fourth-order valence-electron chi connectivity index (χ4n) is 1.74. The van der Waals surface area contributed by atoms with Crippen LogP contribution in [-0.2, 0) is 14.4 Å². The summed E-state index contributed by atoms with van der Waals surface area (Å²) in [5.41, 5.74) is 0. The van der Waals surface area contributed by atoms with E-state index in [0.717, 1.165) is 0 Å². The molecule has 0 spiro atoms. The van der Waals surface area contributed by atoms with Gasteiger partial charge in [0.2, 0.25) is 11.8 Å². The minimum absolute atomic E-state index is 0.0269. The van der Waals surface area contributed by atoms with Gasteiger partial charge in [0.15, 0.2) is 0 Å². The van der Waals surface area contributed by atoms with Crippen molar-refractivity contribution in [1.82, 2.24) is 10.6 Å². The summed E-state index contributed by atoms with van der Waals surface area (Å²) in [4.78, 5) is 44.4. The van der Waals surface area contributed by atoms with E-state index in [0.29, 0.717) is 11.9 Å². The molecule has 1 saturated heterocycles. The third-order valence-corrected chi connectivity index (χ3v) is 3.58. The molecule has 0 aliphatic carbocycles. The molecule has 0 aromatic carbocycles. The molecular formula is C10H15N3O5S. The van der Waals surface area contributed by atoms with Gasteiger partial charge in [-0.2, -0.15) is 0 Å². The molecule has 8 nitrogen and oxygen atoms in total. The molecule has 1 aliphatic rings. The molecule has 0 aromatic heterocycles. The molecule has 1 fully saturated rings. The number of aliphatic carboxylic acids is 1. The first-order valence-corrected chi connectivity index (χ1v) is 6.38. The molecule has 2 amide bonds. The first kappa shape index (κ1) is 15.4. The first-order valence-electron chi connectivity index (χ1n) is 5.61. The van der Waals surface area contributed by atoms with Crippen LogP contribution in [0.2, 0.25) is 0 Å². The number of amides is 2. The molecule has 0 radical (unpaired) electrons. The van der Waals surface area contributed by atoms with Crippen LogP contribution in [0.15, 0.2) is 4.58 Å². The lowest BCUT2D eigenvalue weighted by Gasteiger charge is -2.36. The van der Waals surface area contributed by atoms with Crippen molar-refractivity contribution in [3.63, 3.8) is 0 Å². The van der Waals surface area contributed by atoms with Crippen LogP contribution >= 0.6 is 11.9 Å². The molecule has 1 aliphatic heterocycles. The number of nitrogens with zero attached hydrogens (tertiary/aromatic N) is 1. The predicted molar refractivity (Wildman–Crippen MR) is 68.2 cm³/mol. The maximum Gasteiger partial charge on any atom is 0.303 e. The average Bonchev–Trinajstić information content (AvgIpc) is 2.29. The summed E-state index contributed by atoms with van der Waals surface area (Å²) in [7, 11) is 0. The van der Waals surface area contributed by atoms with Crippen molar-refractivity contribution in [1.29, 1.82) is 0 Å². The highest BCUT2D eigenvalue weighted by Crippen LogP contribution is 2.30. The highest BCUT2D eigenvalue weighted by atomic mass is 32.2. The van der Waals surface area contributed by atoms with Crippen molar-refractivity contribution in [2.45, 2.75) is 43.5 Å². The van der Waals surface area contributed by atoms with Crippen molar-refractivity contribution >= 4 is 29.7 Å². The second kappa shape index (κ2) is 6.00. The van der Waals surface area contributed by atoms with Crippen LogP contribution in [0, 0.1) is 4.91 Å². The Labute approximate surface area is 113 Å². The summed E-state index contributed by atoms with van der Waals surface area (Å²) in [6.45, 7) is 3.22. The Bertz CT molecular complexity index is 412. The molecular weight excluding hydrogens is 274 g/mol. The lowest BCUT2D eigenvalue weighted by Crippen LogP contribution is -2.66. The van der Waals surface area contributed by atoms with Crippen LogP contribution in [0.25, 0.3) is 0 Å². The van der Waals surface area contributed by atoms with Crippen LogP contribution in [0.3, 0.4) is 0 Å². The lowest BCUT2D eigenvalue weighted by atomic mass is 9.97. The average molecular weight is 289 g/mol. The molecule has 3 N–H and O–H groups in total. The van der Waals surface area contributed by atoms with Gasteiger partial charge in [0.1, 0.15) is 12.1 Å². The van der Waals surface area contributed by atoms with Gasteiger partial charge in [-0.3, -0.25) is 14.4 Å². The molecule has 1 rings (SSSR count). The largest absolute Gasteiger partial charge is 0.481 e. The van der Waals surface area contributed by atoms with E-state index in [9.17, 15) is 19.3 Å². The number of rotatable bonds is 6. The second-order valence-corrected chi connectivity index (χ2v) is 6.09. The SMILES string of the molecule is CC(C)(SN=O)[C@@H]1NC(=O)[C@@H](CCC(=O)O)NC1=O. The quantitative estimate of drug-likeness (QED) is 0.468. The maximum atomic E-state index is 11.9. The van der Waals surface area contributed by atoms with Crippen LogP contribution in [-0.4, -0.2) is 39.7 Å². The first-order chi connectivity index (χ1) is 8.77. The highest BCUT2D eigenvalue weighted by Gasteiger charge is 2.43.